The number of likely N-dealkylation sites (N-methyl/N-ethyl adjacent to an activating group) is 1. The molecule has 1 amide bonds. The van der Waals surface area contributed by atoms with Crippen LogP contribution >= 0.6 is 0 Å². The molecule has 2 aliphatic rings. The van der Waals surface area contributed by atoms with Crippen molar-refractivity contribution in [2.45, 2.75) is 57.3 Å². The van der Waals surface area contributed by atoms with Gasteiger partial charge >= 0.3 is 0 Å². The van der Waals surface area contributed by atoms with Crippen molar-refractivity contribution in [3.63, 3.8) is 0 Å². The Bertz CT molecular complexity index is 570. The minimum absolute atomic E-state index is 0.0693. The fraction of sp³-hybridized carbons (Fsp3) is 0.778. The van der Waals surface area contributed by atoms with E-state index in [0.29, 0.717) is 13.0 Å². The summed E-state index contributed by atoms with van der Waals surface area (Å²) in [5, 5.41) is 15.2. The molecular weight excluding hydrogens is 320 g/mol. The SMILES string of the molecule is Cc1ccn(CCC(=O)N(C)[C@@H]2CCC[C@@H](N3CCOCC3)[C@@H]2O)n1. The molecule has 1 N–H and O–H groups in total. The van der Waals surface area contributed by atoms with Crippen molar-refractivity contribution in [3.8, 4) is 0 Å². The predicted octanol–water partition coefficient (Wildman–Crippen LogP) is 0.654. The number of rotatable bonds is 5. The van der Waals surface area contributed by atoms with E-state index >= 15 is 0 Å². The second-order valence-corrected chi connectivity index (χ2v) is 7.18. The van der Waals surface area contributed by atoms with Crippen molar-refractivity contribution >= 4 is 5.91 Å². The van der Waals surface area contributed by atoms with Gasteiger partial charge in [0, 0.05) is 45.3 Å². The molecule has 1 aliphatic carbocycles. The summed E-state index contributed by atoms with van der Waals surface area (Å²) in [4.78, 5) is 16.7. The number of aliphatic hydroxyl groups excluding tert-OH is 1. The van der Waals surface area contributed by atoms with E-state index in [-0.39, 0.29) is 18.0 Å². The summed E-state index contributed by atoms with van der Waals surface area (Å²) in [6.45, 7) is 5.70. The van der Waals surface area contributed by atoms with Crippen LogP contribution in [0, 0.1) is 6.92 Å². The number of hydrogen-bond acceptors (Lipinski definition) is 5. The zero-order chi connectivity index (χ0) is 17.8. The van der Waals surface area contributed by atoms with Crippen LogP contribution in [0.1, 0.15) is 31.4 Å². The van der Waals surface area contributed by atoms with E-state index in [9.17, 15) is 9.90 Å². The Morgan fingerprint density at radius 3 is 2.84 bits per heavy atom. The summed E-state index contributed by atoms with van der Waals surface area (Å²) in [6.07, 6.45) is 4.71. The molecule has 3 atom stereocenters. The average molecular weight is 350 g/mol. The smallest absolute Gasteiger partial charge is 0.224 e. The Morgan fingerprint density at radius 2 is 2.16 bits per heavy atom. The summed E-state index contributed by atoms with van der Waals surface area (Å²) < 4.78 is 7.22. The van der Waals surface area contributed by atoms with Gasteiger partial charge in [0.15, 0.2) is 0 Å². The van der Waals surface area contributed by atoms with Crippen LogP contribution in [-0.4, -0.2) is 82.1 Å². The molecule has 1 aliphatic heterocycles. The van der Waals surface area contributed by atoms with Crippen LogP contribution in [0.4, 0.5) is 0 Å². The number of carbonyl (C=O) groups is 1. The Hall–Kier alpha value is -1.44. The lowest BCUT2D eigenvalue weighted by atomic mass is 9.86. The Balaban J connectivity index is 1.56. The minimum Gasteiger partial charge on any atom is -0.389 e. The Kier molecular flexibility index (Phi) is 6.09. The second kappa shape index (κ2) is 8.29. The first-order chi connectivity index (χ1) is 12.1. The van der Waals surface area contributed by atoms with Crippen LogP contribution in [-0.2, 0) is 16.1 Å². The quantitative estimate of drug-likeness (QED) is 0.844. The van der Waals surface area contributed by atoms with Gasteiger partial charge in [0.1, 0.15) is 0 Å². The van der Waals surface area contributed by atoms with Crippen LogP contribution in [0.2, 0.25) is 0 Å². The van der Waals surface area contributed by atoms with Crippen molar-refractivity contribution in [3.05, 3.63) is 18.0 Å². The van der Waals surface area contributed by atoms with E-state index in [0.717, 1.165) is 51.3 Å². The fourth-order valence-electron chi connectivity index (χ4n) is 4.02. The summed E-state index contributed by atoms with van der Waals surface area (Å²) in [5.74, 6) is 0.0693. The molecule has 1 aromatic heterocycles. The first kappa shape index (κ1) is 18.4. The normalized spacial score (nSPS) is 28.0. The molecule has 7 heteroatoms. The number of aryl methyl sites for hydroxylation is 2. The number of aliphatic hydroxyl groups is 1. The molecule has 1 saturated heterocycles. The van der Waals surface area contributed by atoms with Crippen LogP contribution in [0.15, 0.2) is 12.3 Å². The molecule has 0 aromatic carbocycles. The zero-order valence-electron chi connectivity index (χ0n) is 15.3. The van der Waals surface area contributed by atoms with Gasteiger partial charge in [-0.2, -0.15) is 5.10 Å². The fourth-order valence-corrected chi connectivity index (χ4v) is 4.02. The van der Waals surface area contributed by atoms with Gasteiger partial charge in [0.2, 0.25) is 5.91 Å². The van der Waals surface area contributed by atoms with Crippen LogP contribution < -0.4 is 0 Å². The van der Waals surface area contributed by atoms with E-state index in [4.69, 9.17) is 4.74 Å². The van der Waals surface area contributed by atoms with Gasteiger partial charge in [-0.25, -0.2) is 0 Å². The Labute approximate surface area is 149 Å². The number of nitrogens with zero attached hydrogens (tertiary/aromatic N) is 4. The van der Waals surface area contributed by atoms with Crippen LogP contribution in [0.3, 0.4) is 0 Å². The van der Waals surface area contributed by atoms with Gasteiger partial charge in [0.05, 0.1) is 31.1 Å². The third kappa shape index (κ3) is 4.40. The van der Waals surface area contributed by atoms with E-state index in [1.807, 2.05) is 26.2 Å². The lowest BCUT2D eigenvalue weighted by Gasteiger charge is -2.45. The summed E-state index contributed by atoms with van der Waals surface area (Å²) >= 11 is 0. The highest BCUT2D eigenvalue weighted by Crippen LogP contribution is 2.27. The van der Waals surface area contributed by atoms with Crippen molar-refractivity contribution in [2.75, 3.05) is 33.4 Å². The predicted molar refractivity (Wildman–Crippen MR) is 94.2 cm³/mol. The van der Waals surface area contributed by atoms with Crippen molar-refractivity contribution in [2.24, 2.45) is 0 Å². The van der Waals surface area contributed by atoms with Crippen LogP contribution in [0.5, 0.6) is 0 Å². The molecule has 2 fully saturated rings. The number of aromatic nitrogens is 2. The molecule has 1 aromatic rings. The minimum atomic E-state index is -0.493. The average Bonchev–Trinajstić information content (AvgIpc) is 3.05. The first-order valence-electron chi connectivity index (χ1n) is 9.32. The monoisotopic (exact) mass is 350 g/mol. The number of ether oxygens (including phenoxy) is 1. The topological polar surface area (TPSA) is 70.8 Å². The van der Waals surface area contributed by atoms with E-state index in [2.05, 4.69) is 10.00 Å². The molecule has 25 heavy (non-hydrogen) atoms. The highest BCUT2D eigenvalue weighted by atomic mass is 16.5. The molecular formula is C18H30N4O3. The summed E-state index contributed by atoms with van der Waals surface area (Å²) in [6, 6.07) is 1.96. The van der Waals surface area contributed by atoms with E-state index in [1.54, 1.807) is 9.58 Å². The van der Waals surface area contributed by atoms with Gasteiger partial charge in [-0.1, -0.05) is 0 Å². The third-order valence-electron chi connectivity index (χ3n) is 5.52. The summed E-state index contributed by atoms with van der Waals surface area (Å²) in [7, 11) is 1.83. The van der Waals surface area contributed by atoms with Crippen molar-refractivity contribution in [1.29, 1.82) is 0 Å². The number of carbonyl (C=O) groups excluding carboxylic acids is 1. The van der Waals surface area contributed by atoms with Crippen molar-refractivity contribution in [1.82, 2.24) is 19.6 Å². The standard InChI is InChI=1S/C18H30N4O3/c1-14-6-8-22(19-14)9-7-17(23)20(2)15-4-3-5-16(18(15)24)21-10-12-25-13-11-21/h6,8,15-16,18,24H,3-5,7,9-13H2,1-2H3/t15-,16-,18-/m1/s1. The lowest BCUT2D eigenvalue weighted by Crippen LogP contribution is -2.58. The second-order valence-electron chi connectivity index (χ2n) is 7.18. The molecule has 0 bridgehead atoms. The van der Waals surface area contributed by atoms with Crippen molar-refractivity contribution < 1.29 is 14.6 Å². The maximum atomic E-state index is 12.6. The highest BCUT2D eigenvalue weighted by Gasteiger charge is 2.38. The zero-order valence-corrected chi connectivity index (χ0v) is 15.3. The van der Waals surface area contributed by atoms with Gasteiger partial charge < -0.3 is 14.7 Å². The third-order valence-corrected chi connectivity index (χ3v) is 5.52. The summed E-state index contributed by atoms with van der Waals surface area (Å²) in [5.41, 5.74) is 0.955. The number of amides is 1. The maximum Gasteiger partial charge on any atom is 0.224 e. The highest BCUT2D eigenvalue weighted by molar-refractivity contribution is 5.76. The molecule has 1 saturated carbocycles. The first-order valence-corrected chi connectivity index (χ1v) is 9.32. The number of hydrogen-bond donors (Lipinski definition) is 1. The maximum absolute atomic E-state index is 12.6. The molecule has 0 radical (unpaired) electrons. The molecule has 2 heterocycles. The molecule has 140 valence electrons. The molecule has 7 nitrogen and oxygen atoms in total. The molecule has 0 unspecified atom stereocenters. The van der Waals surface area contributed by atoms with E-state index < -0.39 is 6.10 Å². The lowest BCUT2D eigenvalue weighted by molar-refractivity contribution is -0.138. The number of morpholine rings is 1. The van der Waals surface area contributed by atoms with Gasteiger partial charge in [-0.05, 0) is 32.3 Å². The molecule has 3 rings (SSSR count). The van der Waals surface area contributed by atoms with Gasteiger partial charge in [-0.15, -0.1) is 0 Å². The molecule has 0 spiro atoms. The largest absolute Gasteiger partial charge is 0.389 e. The van der Waals surface area contributed by atoms with E-state index in [1.165, 1.54) is 0 Å². The Morgan fingerprint density at radius 1 is 1.40 bits per heavy atom. The van der Waals surface area contributed by atoms with Crippen LogP contribution in [0.25, 0.3) is 0 Å². The van der Waals surface area contributed by atoms with Gasteiger partial charge in [-0.3, -0.25) is 14.4 Å². The van der Waals surface area contributed by atoms with Gasteiger partial charge in [0.25, 0.3) is 0 Å².